The van der Waals surface area contributed by atoms with Crippen LogP contribution in [0.15, 0.2) is 9.31 Å². The number of furan rings is 1. The predicted molar refractivity (Wildman–Crippen MR) is 81.5 cm³/mol. The normalized spacial score (nSPS) is 12.9. The van der Waals surface area contributed by atoms with Gasteiger partial charge in [0, 0.05) is 32.4 Å². The van der Waals surface area contributed by atoms with Crippen molar-refractivity contribution in [1.82, 2.24) is 4.72 Å². The molecule has 0 aromatic carbocycles. The van der Waals surface area contributed by atoms with Crippen LogP contribution >= 0.6 is 0 Å². The van der Waals surface area contributed by atoms with Gasteiger partial charge in [0.05, 0.1) is 0 Å². The Hall–Kier alpha value is -0.890. The third-order valence-electron chi connectivity index (χ3n) is 3.52. The highest BCUT2D eigenvalue weighted by Crippen LogP contribution is 2.27. The van der Waals surface area contributed by atoms with Crippen LogP contribution in [0.5, 0.6) is 0 Å². The smallest absolute Gasteiger partial charge is 0.244 e. The van der Waals surface area contributed by atoms with E-state index in [1.807, 2.05) is 13.8 Å². The van der Waals surface area contributed by atoms with Crippen molar-refractivity contribution in [3.05, 3.63) is 17.1 Å². The van der Waals surface area contributed by atoms with Crippen LogP contribution in [0.1, 0.15) is 37.4 Å². The summed E-state index contributed by atoms with van der Waals surface area (Å²) < 4.78 is 38.1. The van der Waals surface area contributed by atoms with E-state index in [2.05, 4.69) is 4.72 Å². The molecule has 1 aromatic rings. The Labute approximate surface area is 127 Å². The summed E-state index contributed by atoms with van der Waals surface area (Å²) in [4.78, 5) is 0.171. The molecule has 1 aromatic heterocycles. The molecular weight excluding hydrogens is 292 g/mol. The van der Waals surface area contributed by atoms with E-state index in [0.717, 1.165) is 6.42 Å². The van der Waals surface area contributed by atoms with Crippen LogP contribution in [0.25, 0.3) is 0 Å². The average Bonchev–Trinajstić information content (AvgIpc) is 2.69. The number of nitrogens with two attached hydrogens (primary N) is 1. The second-order valence-corrected chi connectivity index (χ2v) is 7.66. The summed E-state index contributed by atoms with van der Waals surface area (Å²) in [6.07, 6.45) is 0.763. The molecule has 0 bridgehead atoms. The summed E-state index contributed by atoms with van der Waals surface area (Å²) in [5.74, 6) is 0.921. The van der Waals surface area contributed by atoms with Gasteiger partial charge in [-0.3, -0.25) is 0 Å². The molecule has 7 heteroatoms. The van der Waals surface area contributed by atoms with Crippen LogP contribution in [0.3, 0.4) is 0 Å². The number of methoxy groups -OCH3 is 1. The molecule has 3 N–H and O–H groups in total. The molecule has 1 heterocycles. The number of hydrogen-bond donors (Lipinski definition) is 2. The monoisotopic (exact) mass is 318 g/mol. The molecule has 0 radical (unpaired) electrons. The molecule has 1 rings (SSSR count). The van der Waals surface area contributed by atoms with Gasteiger partial charge in [-0.05, 0) is 25.7 Å². The van der Waals surface area contributed by atoms with Gasteiger partial charge in [-0.1, -0.05) is 13.8 Å². The SMILES string of the molecule is COCCC(C)(C)CNS(=O)(=O)c1c(C)oc(C)c1CN. The Kier molecular flexibility index (Phi) is 5.98. The van der Waals surface area contributed by atoms with Crippen molar-refractivity contribution in [3.63, 3.8) is 0 Å². The van der Waals surface area contributed by atoms with Crippen LogP contribution in [0.4, 0.5) is 0 Å². The largest absolute Gasteiger partial charge is 0.465 e. The lowest BCUT2D eigenvalue weighted by molar-refractivity contribution is 0.153. The Morgan fingerprint density at radius 2 is 1.90 bits per heavy atom. The zero-order valence-corrected chi connectivity index (χ0v) is 14.3. The summed E-state index contributed by atoms with van der Waals surface area (Å²) in [5.41, 5.74) is 5.98. The first-order valence-electron chi connectivity index (χ1n) is 6.92. The summed E-state index contributed by atoms with van der Waals surface area (Å²) in [6.45, 7) is 8.39. The minimum Gasteiger partial charge on any atom is -0.465 e. The minimum atomic E-state index is -3.64. The van der Waals surface area contributed by atoms with Crippen molar-refractivity contribution in [2.24, 2.45) is 11.1 Å². The summed E-state index contributed by atoms with van der Waals surface area (Å²) in [7, 11) is -2.01. The molecule has 21 heavy (non-hydrogen) atoms. The molecule has 6 nitrogen and oxygen atoms in total. The number of aryl methyl sites for hydroxylation is 2. The number of hydrogen-bond acceptors (Lipinski definition) is 5. The Morgan fingerprint density at radius 3 is 2.43 bits per heavy atom. The summed E-state index contributed by atoms with van der Waals surface area (Å²) in [5, 5.41) is 0. The average molecular weight is 318 g/mol. The van der Waals surface area contributed by atoms with Gasteiger partial charge in [0.1, 0.15) is 16.4 Å². The molecule has 0 saturated carbocycles. The van der Waals surface area contributed by atoms with Crippen LogP contribution in [0.2, 0.25) is 0 Å². The lowest BCUT2D eigenvalue weighted by atomic mass is 9.90. The zero-order valence-electron chi connectivity index (χ0n) is 13.4. The maximum absolute atomic E-state index is 12.5. The predicted octanol–water partition coefficient (Wildman–Crippen LogP) is 1.70. The number of nitrogens with one attached hydrogen (secondary N) is 1. The third-order valence-corrected chi connectivity index (χ3v) is 5.12. The van der Waals surface area contributed by atoms with E-state index in [-0.39, 0.29) is 16.9 Å². The first kappa shape index (κ1) is 18.2. The second-order valence-electron chi connectivity index (χ2n) is 5.96. The Balaban J connectivity index is 2.93. The van der Waals surface area contributed by atoms with Gasteiger partial charge in [-0.15, -0.1) is 0 Å². The second kappa shape index (κ2) is 6.91. The van der Waals surface area contributed by atoms with Crippen molar-refractivity contribution in [1.29, 1.82) is 0 Å². The summed E-state index contributed by atoms with van der Waals surface area (Å²) >= 11 is 0. The molecule has 0 aliphatic heterocycles. The van der Waals surface area contributed by atoms with Gasteiger partial charge in [-0.25, -0.2) is 13.1 Å². The van der Waals surface area contributed by atoms with Crippen LogP contribution in [-0.2, 0) is 21.3 Å². The molecule has 122 valence electrons. The number of rotatable bonds is 8. The lowest BCUT2D eigenvalue weighted by Crippen LogP contribution is -2.35. The fourth-order valence-electron chi connectivity index (χ4n) is 2.13. The number of ether oxygens (including phenoxy) is 1. The van der Waals surface area contributed by atoms with Crippen LogP contribution < -0.4 is 10.5 Å². The van der Waals surface area contributed by atoms with Gasteiger partial charge < -0.3 is 14.9 Å². The standard InChI is InChI=1S/C14H26N2O4S/c1-10-12(8-15)13(11(2)20-10)21(17,18)16-9-14(3,4)6-7-19-5/h16H,6-9,15H2,1-5H3. The summed E-state index contributed by atoms with van der Waals surface area (Å²) in [6, 6.07) is 0. The first-order valence-corrected chi connectivity index (χ1v) is 8.40. The van der Waals surface area contributed by atoms with E-state index in [1.165, 1.54) is 0 Å². The highest BCUT2D eigenvalue weighted by Gasteiger charge is 2.28. The number of sulfonamides is 1. The molecule has 0 unspecified atom stereocenters. The topological polar surface area (TPSA) is 94.6 Å². The fourth-order valence-corrected chi connectivity index (χ4v) is 3.82. The molecular formula is C14H26N2O4S. The maximum atomic E-state index is 12.5. The van der Waals surface area contributed by atoms with Crippen molar-refractivity contribution in [3.8, 4) is 0 Å². The van der Waals surface area contributed by atoms with E-state index in [9.17, 15) is 8.42 Å². The van der Waals surface area contributed by atoms with E-state index in [1.54, 1.807) is 21.0 Å². The van der Waals surface area contributed by atoms with Gasteiger partial charge in [0.15, 0.2) is 0 Å². The Bertz CT molecular complexity index is 576. The zero-order chi connectivity index (χ0) is 16.3. The molecule has 0 aliphatic rings. The maximum Gasteiger partial charge on any atom is 0.244 e. The van der Waals surface area contributed by atoms with Gasteiger partial charge in [0.2, 0.25) is 10.0 Å². The van der Waals surface area contributed by atoms with Crippen molar-refractivity contribution in [2.75, 3.05) is 20.3 Å². The van der Waals surface area contributed by atoms with Crippen molar-refractivity contribution >= 4 is 10.0 Å². The van der Waals surface area contributed by atoms with Gasteiger partial charge >= 0.3 is 0 Å². The van der Waals surface area contributed by atoms with Gasteiger partial charge in [-0.2, -0.15) is 0 Å². The first-order chi connectivity index (χ1) is 9.64. The van der Waals surface area contributed by atoms with E-state index < -0.39 is 10.0 Å². The molecule has 0 fully saturated rings. The fraction of sp³-hybridized carbons (Fsp3) is 0.714. The molecule has 0 spiro atoms. The molecule has 0 atom stereocenters. The highest BCUT2D eigenvalue weighted by molar-refractivity contribution is 7.89. The minimum absolute atomic E-state index is 0.131. The van der Waals surface area contributed by atoms with Crippen LogP contribution in [0, 0.1) is 19.3 Å². The van der Waals surface area contributed by atoms with E-state index >= 15 is 0 Å². The van der Waals surface area contributed by atoms with Gasteiger partial charge in [0.25, 0.3) is 0 Å². The van der Waals surface area contributed by atoms with E-state index in [4.69, 9.17) is 14.9 Å². The molecule has 0 saturated heterocycles. The highest BCUT2D eigenvalue weighted by atomic mass is 32.2. The lowest BCUT2D eigenvalue weighted by Gasteiger charge is -2.24. The van der Waals surface area contributed by atoms with E-state index in [0.29, 0.717) is 30.2 Å². The van der Waals surface area contributed by atoms with Crippen LogP contribution in [-0.4, -0.2) is 28.7 Å². The quantitative estimate of drug-likeness (QED) is 0.760. The Morgan fingerprint density at radius 1 is 1.29 bits per heavy atom. The van der Waals surface area contributed by atoms with Crippen molar-refractivity contribution in [2.45, 2.75) is 45.6 Å². The molecule has 0 aliphatic carbocycles. The molecule has 0 amide bonds. The van der Waals surface area contributed by atoms with Crippen molar-refractivity contribution < 1.29 is 17.6 Å². The third kappa shape index (κ3) is 4.54.